The molecule has 0 saturated carbocycles. The first-order chi connectivity index (χ1) is 8.69. The summed E-state index contributed by atoms with van der Waals surface area (Å²) in [6, 6.07) is 10.2. The Balaban J connectivity index is 1.88. The molecule has 1 fully saturated rings. The van der Waals surface area contributed by atoms with Gasteiger partial charge in [0.25, 0.3) is 0 Å². The molecule has 0 aliphatic carbocycles. The van der Waals surface area contributed by atoms with Gasteiger partial charge in [0.15, 0.2) is 0 Å². The van der Waals surface area contributed by atoms with E-state index in [9.17, 15) is 4.79 Å². The number of carbonyl (C=O) groups excluding carboxylic acids is 1. The van der Waals surface area contributed by atoms with Crippen LogP contribution in [0.5, 0.6) is 0 Å². The van der Waals surface area contributed by atoms with Gasteiger partial charge < -0.3 is 9.39 Å². The largest absolute Gasteiger partial charge is 0.463 e. The van der Waals surface area contributed by atoms with Crippen molar-refractivity contribution < 1.29 is 14.2 Å². The molecule has 1 heterocycles. The maximum atomic E-state index is 11.3. The highest BCUT2D eigenvalue weighted by atomic mass is 16.6. The molecule has 1 aromatic carbocycles. The zero-order valence-corrected chi connectivity index (χ0v) is 11.0. The van der Waals surface area contributed by atoms with Crippen molar-refractivity contribution in [3.63, 3.8) is 0 Å². The molecule has 1 aromatic rings. The summed E-state index contributed by atoms with van der Waals surface area (Å²) in [4.78, 5) is 11.3. The van der Waals surface area contributed by atoms with E-state index in [0.29, 0.717) is 0 Å². The normalized spacial score (nSPS) is 22.9. The van der Waals surface area contributed by atoms with Crippen LogP contribution in [0, 0.1) is 5.92 Å². The highest BCUT2D eigenvalue weighted by Crippen LogP contribution is 2.25. The second kappa shape index (κ2) is 6.05. The van der Waals surface area contributed by atoms with Crippen LogP contribution in [0.15, 0.2) is 30.3 Å². The Morgan fingerprint density at radius 1 is 1.39 bits per heavy atom. The van der Waals surface area contributed by atoms with Gasteiger partial charge in [0, 0.05) is 7.11 Å². The van der Waals surface area contributed by atoms with Crippen LogP contribution in [-0.2, 0) is 20.5 Å². The van der Waals surface area contributed by atoms with Gasteiger partial charge in [-0.15, -0.1) is 0 Å². The Hall–Kier alpha value is -1.29. The van der Waals surface area contributed by atoms with Gasteiger partial charge in [0.05, 0.1) is 12.0 Å². The van der Waals surface area contributed by atoms with Crippen LogP contribution in [0.2, 0.25) is 6.32 Å². The highest BCUT2D eigenvalue weighted by molar-refractivity contribution is 6.51. The average Bonchev–Trinajstić information content (AvgIpc) is 2.69. The van der Waals surface area contributed by atoms with Crippen molar-refractivity contribution in [3.8, 4) is 0 Å². The van der Waals surface area contributed by atoms with E-state index in [2.05, 4.69) is 12.1 Å². The summed E-state index contributed by atoms with van der Waals surface area (Å²) in [6.07, 6.45) is 2.47. The van der Waals surface area contributed by atoms with Crippen LogP contribution in [0.1, 0.15) is 18.9 Å². The molecule has 0 bridgehead atoms. The van der Waals surface area contributed by atoms with E-state index in [1.165, 1.54) is 5.56 Å². The Morgan fingerprint density at radius 3 is 2.67 bits per heavy atom. The van der Waals surface area contributed by atoms with Gasteiger partial charge >= 0.3 is 12.9 Å². The molecule has 18 heavy (non-hydrogen) atoms. The maximum absolute atomic E-state index is 11.3. The molecule has 0 spiro atoms. The maximum Gasteiger partial charge on any atom is 0.309 e. The lowest BCUT2D eigenvalue weighted by Gasteiger charge is -2.15. The lowest BCUT2D eigenvalue weighted by Crippen LogP contribution is -2.26. The van der Waals surface area contributed by atoms with Crippen LogP contribution >= 0.6 is 0 Å². The SMILES string of the molecule is COB(Cc1ccccc1)CC1CC(C)C(=O)O1. The van der Waals surface area contributed by atoms with Gasteiger partial charge in [-0.1, -0.05) is 42.8 Å². The second-order valence-electron chi connectivity index (χ2n) is 4.98. The standard InChI is InChI=1S/C14H19BO3/c1-11-8-13(18-14(11)16)10-15(17-2)9-12-6-4-3-5-7-12/h3-7,11,13H,8-10H2,1-2H3. The fraction of sp³-hybridized carbons (Fsp3) is 0.500. The highest BCUT2D eigenvalue weighted by Gasteiger charge is 2.33. The predicted octanol–water partition coefficient (Wildman–Crippen LogP) is 2.36. The van der Waals surface area contributed by atoms with E-state index in [-0.39, 0.29) is 24.9 Å². The van der Waals surface area contributed by atoms with Crippen molar-refractivity contribution in [1.82, 2.24) is 0 Å². The molecule has 1 aliphatic heterocycles. The molecular formula is C14H19BO3. The van der Waals surface area contributed by atoms with Crippen molar-refractivity contribution in [2.75, 3.05) is 7.11 Å². The molecule has 0 amide bonds. The molecule has 2 unspecified atom stereocenters. The third kappa shape index (κ3) is 3.36. The number of benzene rings is 1. The molecule has 0 aromatic heterocycles. The van der Waals surface area contributed by atoms with Gasteiger partial charge in [-0.05, 0) is 19.1 Å². The van der Waals surface area contributed by atoms with Gasteiger partial charge in [0.1, 0.15) is 0 Å². The van der Waals surface area contributed by atoms with Crippen molar-refractivity contribution >= 4 is 12.9 Å². The quantitative estimate of drug-likeness (QED) is 0.591. The molecule has 96 valence electrons. The van der Waals surface area contributed by atoms with Gasteiger partial charge in [-0.2, -0.15) is 0 Å². The Bertz CT molecular complexity index is 393. The van der Waals surface area contributed by atoms with Crippen molar-refractivity contribution in [3.05, 3.63) is 35.9 Å². The first kappa shape index (κ1) is 13.2. The van der Waals surface area contributed by atoms with Crippen LogP contribution in [-0.4, -0.2) is 26.1 Å². The summed E-state index contributed by atoms with van der Waals surface area (Å²) in [6.45, 7) is 2.02. The fourth-order valence-electron chi connectivity index (χ4n) is 2.40. The van der Waals surface area contributed by atoms with E-state index in [0.717, 1.165) is 19.1 Å². The number of esters is 1. The van der Waals surface area contributed by atoms with E-state index in [1.54, 1.807) is 7.11 Å². The number of carbonyl (C=O) groups is 1. The molecule has 1 aliphatic rings. The Kier molecular flexibility index (Phi) is 4.42. The minimum Gasteiger partial charge on any atom is -0.463 e. The Labute approximate surface area is 109 Å². The fourth-order valence-corrected chi connectivity index (χ4v) is 2.40. The average molecular weight is 246 g/mol. The summed E-state index contributed by atoms with van der Waals surface area (Å²) < 4.78 is 10.8. The molecule has 0 radical (unpaired) electrons. The first-order valence-corrected chi connectivity index (χ1v) is 6.46. The van der Waals surface area contributed by atoms with Gasteiger partial charge in [-0.25, -0.2) is 0 Å². The van der Waals surface area contributed by atoms with Gasteiger partial charge in [-0.3, -0.25) is 4.79 Å². The molecule has 2 rings (SSSR count). The van der Waals surface area contributed by atoms with Crippen molar-refractivity contribution in [2.24, 2.45) is 5.92 Å². The number of hydrogen-bond donors (Lipinski definition) is 0. The topological polar surface area (TPSA) is 35.5 Å². The van der Waals surface area contributed by atoms with Crippen LogP contribution in [0.4, 0.5) is 0 Å². The van der Waals surface area contributed by atoms with Crippen LogP contribution < -0.4 is 0 Å². The molecule has 0 N–H and O–H groups in total. The molecular weight excluding hydrogens is 227 g/mol. The zero-order chi connectivity index (χ0) is 13.0. The van der Waals surface area contributed by atoms with Gasteiger partial charge in [0.2, 0.25) is 0 Å². The summed E-state index contributed by atoms with van der Waals surface area (Å²) in [5.41, 5.74) is 1.25. The van der Waals surface area contributed by atoms with Crippen molar-refractivity contribution in [1.29, 1.82) is 0 Å². The third-order valence-electron chi connectivity index (χ3n) is 3.47. The number of hydrogen-bond acceptors (Lipinski definition) is 3. The zero-order valence-electron chi connectivity index (χ0n) is 11.0. The van der Waals surface area contributed by atoms with E-state index >= 15 is 0 Å². The van der Waals surface area contributed by atoms with E-state index in [4.69, 9.17) is 9.39 Å². The summed E-state index contributed by atoms with van der Waals surface area (Å²) >= 11 is 0. The summed E-state index contributed by atoms with van der Waals surface area (Å²) in [7, 11) is 1.72. The third-order valence-corrected chi connectivity index (χ3v) is 3.47. The van der Waals surface area contributed by atoms with Crippen LogP contribution in [0.3, 0.4) is 0 Å². The number of rotatable bonds is 5. The predicted molar refractivity (Wildman–Crippen MR) is 71.4 cm³/mol. The Morgan fingerprint density at radius 2 is 2.11 bits per heavy atom. The minimum absolute atomic E-state index is 0.0150. The van der Waals surface area contributed by atoms with E-state index < -0.39 is 0 Å². The smallest absolute Gasteiger partial charge is 0.309 e. The molecule has 4 heteroatoms. The lowest BCUT2D eigenvalue weighted by molar-refractivity contribution is -0.143. The van der Waals surface area contributed by atoms with Crippen LogP contribution in [0.25, 0.3) is 0 Å². The lowest BCUT2D eigenvalue weighted by atomic mass is 9.58. The molecule has 1 saturated heterocycles. The molecule has 3 nitrogen and oxygen atoms in total. The second-order valence-corrected chi connectivity index (χ2v) is 4.98. The number of cyclic esters (lactones) is 1. The minimum atomic E-state index is -0.0745. The first-order valence-electron chi connectivity index (χ1n) is 6.46. The summed E-state index contributed by atoms with van der Waals surface area (Å²) in [5.74, 6) is -0.0428. The summed E-state index contributed by atoms with van der Waals surface area (Å²) in [5, 5.41) is 0. The van der Waals surface area contributed by atoms with Crippen molar-refractivity contribution in [2.45, 2.75) is 32.1 Å². The monoisotopic (exact) mass is 246 g/mol. The molecule has 2 atom stereocenters. The van der Waals surface area contributed by atoms with E-state index in [1.807, 2.05) is 25.1 Å². The number of ether oxygens (including phenoxy) is 1.